The molecule has 0 radical (unpaired) electrons. The maximum absolute atomic E-state index is 11.1. The summed E-state index contributed by atoms with van der Waals surface area (Å²) in [6.45, 7) is 0. The normalized spacial score (nSPS) is 26.9. The zero-order valence-electron chi connectivity index (χ0n) is 6.11. The molecule has 1 aliphatic carbocycles. The molecule has 0 heterocycles. The molecule has 0 bridgehead atoms. The molecular formula is C8H13ClO. The van der Waals surface area contributed by atoms with E-state index in [1.807, 2.05) is 0 Å². The molecule has 0 saturated heterocycles. The quantitative estimate of drug-likeness (QED) is 0.567. The molecule has 0 aromatic heterocycles. The molecule has 0 aromatic carbocycles. The number of Topliss-reactive ketones (excluding diaryl/α,β-unsaturated/α-hetero) is 1. The highest BCUT2D eigenvalue weighted by atomic mass is 35.5. The predicted molar refractivity (Wildman–Crippen MR) is 42.3 cm³/mol. The van der Waals surface area contributed by atoms with E-state index >= 15 is 0 Å². The molecule has 1 unspecified atom stereocenters. The molecule has 0 amide bonds. The largest absolute Gasteiger partial charge is 0.299 e. The first kappa shape index (κ1) is 8.06. The summed E-state index contributed by atoms with van der Waals surface area (Å²) in [6, 6.07) is 0. The minimum absolute atomic E-state index is 0.297. The molecule has 0 aromatic rings. The van der Waals surface area contributed by atoms with E-state index in [1.165, 1.54) is 6.42 Å². The van der Waals surface area contributed by atoms with E-state index in [-0.39, 0.29) is 0 Å². The van der Waals surface area contributed by atoms with Gasteiger partial charge in [-0.15, -0.1) is 11.6 Å². The number of ketones is 1. The molecule has 1 nitrogen and oxygen atoms in total. The molecule has 58 valence electrons. The second-order valence-electron chi connectivity index (χ2n) is 2.89. The van der Waals surface area contributed by atoms with Gasteiger partial charge >= 0.3 is 0 Å². The molecule has 1 rings (SSSR count). The zero-order valence-corrected chi connectivity index (χ0v) is 6.86. The Morgan fingerprint density at radius 3 is 2.90 bits per heavy atom. The first-order valence-electron chi connectivity index (χ1n) is 3.93. The van der Waals surface area contributed by atoms with E-state index in [9.17, 15) is 4.79 Å². The second kappa shape index (κ2) is 3.97. The van der Waals surface area contributed by atoms with Gasteiger partial charge in [0.05, 0.1) is 0 Å². The monoisotopic (exact) mass is 160 g/mol. The van der Waals surface area contributed by atoms with Crippen molar-refractivity contribution in [2.75, 3.05) is 5.88 Å². The molecule has 1 fully saturated rings. The maximum Gasteiger partial charge on any atom is 0.136 e. The number of carbonyl (C=O) groups excluding carboxylic acids is 1. The lowest BCUT2D eigenvalue weighted by atomic mass is 9.86. The van der Waals surface area contributed by atoms with Gasteiger partial charge in [-0.2, -0.15) is 0 Å². The van der Waals surface area contributed by atoms with Crippen LogP contribution in [0.3, 0.4) is 0 Å². The van der Waals surface area contributed by atoms with E-state index in [1.54, 1.807) is 0 Å². The van der Waals surface area contributed by atoms with Crippen LogP contribution in [0.25, 0.3) is 0 Å². The Morgan fingerprint density at radius 1 is 1.50 bits per heavy atom. The van der Waals surface area contributed by atoms with E-state index in [4.69, 9.17) is 11.6 Å². The van der Waals surface area contributed by atoms with Crippen LogP contribution in [0.15, 0.2) is 0 Å². The Bertz CT molecular complexity index is 120. The molecule has 2 heteroatoms. The zero-order chi connectivity index (χ0) is 7.40. The number of rotatable bonds is 2. The van der Waals surface area contributed by atoms with Crippen LogP contribution >= 0.6 is 11.6 Å². The minimum atomic E-state index is 0.297. The Morgan fingerprint density at radius 2 is 2.30 bits per heavy atom. The van der Waals surface area contributed by atoms with Crippen LogP contribution in [0.1, 0.15) is 32.1 Å². The number of carbonyl (C=O) groups is 1. The van der Waals surface area contributed by atoms with Crippen LogP contribution < -0.4 is 0 Å². The highest BCUT2D eigenvalue weighted by molar-refractivity contribution is 6.18. The van der Waals surface area contributed by atoms with Gasteiger partial charge in [-0.3, -0.25) is 4.79 Å². The number of alkyl halides is 1. The van der Waals surface area contributed by atoms with Gasteiger partial charge in [0.15, 0.2) is 0 Å². The van der Waals surface area contributed by atoms with Gasteiger partial charge in [-0.1, -0.05) is 6.42 Å². The van der Waals surface area contributed by atoms with Gasteiger partial charge in [-0.05, 0) is 19.3 Å². The van der Waals surface area contributed by atoms with Gasteiger partial charge < -0.3 is 0 Å². The minimum Gasteiger partial charge on any atom is -0.299 e. The van der Waals surface area contributed by atoms with Crippen molar-refractivity contribution in [3.05, 3.63) is 0 Å². The molecule has 1 aliphatic rings. The molecular weight excluding hydrogens is 148 g/mol. The van der Waals surface area contributed by atoms with Gasteiger partial charge in [0, 0.05) is 18.2 Å². The lowest BCUT2D eigenvalue weighted by Gasteiger charge is -2.18. The standard InChI is InChI=1S/C8H13ClO/c9-6-5-7-3-1-2-4-8(7)10/h7H,1-6H2. The third kappa shape index (κ3) is 1.98. The summed E-state index contributed by atoms with van der Waals surface area (Å²) in [6.07, 6.45) is 5.07. The summed E-state index contributed by atoms with van der Waals surface area (Å²) < 4.78 is 0. The summed E-state index contributed by atoms with van der Waals surface area (Å²) in [5.41, 5.74) is 0. The summed E-state index contributed by atoms with van der Waals surface area (Å²) in [5, 5.41) is 0. The molecule has 0 aliphatic heterocycles. The van der Waals surface area contributed by atoms with Crippen LogP contribution in [-0.2, 0) is 4.79 Å². The Labute approximate surface area is 66.8 Å². The second-order valence-corrected chi connectivity index (χ2v) is 3.26. The van der Waals surface area contributed by atoms with E-state index in [0.717, 1.165) is 25.7 Å². The van der Waals surface area contributed by atoms with Crippen molar-refractivity contribution in [1.29, 1.82) is 0 Å². The lowest BCUT2D eigenvalue weighted by Crippen LogP contribution is -2.19. The van der Waals surface area contributed by atoms with Crippen molar-refractivity contribution in [1.82, 2.24) is 0 Å². The van der Waals surface area contributed by atoms with Gasteiger partial charge in [0.1, 0.15) is 5.78 Å². The summed E-state index contributed by atoms with van der Waals surface area (Å²) in [5.74, 6) is 1.37. The van der Waals surface area contributed by atoms with E-state index < -0.39 is 0 Å². The van der Waals surface area contributed by atoms with Crippen molar-refractivity contribution in [2.45, 2.75) is 32.1 Å². The Hall–Kier alpha value is -0.0400. The third-order valence-corrected chi connectivity index (χ3v) is 2.36. The van der Waals surface area contributed by atoms with Crippen LogP contribution in [0.2, 0.25) is 0 Å². The fraction of sp³-hybridized carbons (Fsp3) is 0.875. The van der Waals surface area contributed by atoms with Crippen molar-refractivity contribution in [3.8, 4) is 0 Å². The van der Waals surface area contributed by atoms with Gasteiger partial charge in [-0.25, -0.2) is 0 Å². The Balaban J connectivity index is 2.32. The Kier molecular flexibility index (Phi) is 3.20. The first-order chi connectivity index (χ1) is 4.84. The summed E-state index contributed by atoms with van der Waals surface area (Å²) >= 11 is 5.55. The average molecular weight is 161 g/mol. The third-order valence-electron chi connectivity index (χ3n) is 2.14. The van der Waals surface area contributed by atoms with Crippen LogP contribution in [-0.4, -0.2) is 11.7 Å². The van der Waals surface area contributed by atoms with Crippen molar-refractivity contribution >= 4 is 17.4 Å². The molecule has 1 saturated carbocycles. The highest BCUT2D eigenvalue weighted by Crippen LogP contribution is 2.23. The fourth-order valence-corrected chi connectivity index (χ4v) is 1.76. The van der Waals surface area contributed by atoms with Crippen molar-refractivity contribution in [3.63, 3.8) is 0 Å². The molecule has 0 N–H and O–H groups in total. The van der Waals surface area contributed by atoms with Crippen molar-refractivity contribution in [2.24, 2.45) is 5.92 Å². The number of halogens is 1. The van der Waals surface area contributed by atoms with Crippen molar-refractivity contribution < 1.29 is 4.79 Å². The first-order valence-corrected chi connectivity index (χ1v) is 4.46. The topological polar surface area (TPSA) is 17.1 Å². The SMILES string of the molecule is O=C1CCCCC1CCCl. The molecule has 1 atom stereocenters. The highest BCUT2D eigenvalue weighted by Gasteiger charge is 2.20. The van der Waals surface area contributed by atoms with Crippen LogP contribution in [0, 0.1) is 5.92 Å². The summed E-state index contributed by atoms with van der Waals surface area (Å²) in [7, 11) is 0. The summed E-state index contributed by atoms with van der Waals surface area (Å²) in [4.78, 5) is 11.1. The maximum atomic E-state index is 11.1. The van der Waals surface area contributed by atoms with Gasteiger partial charge in [0.25, 0.3) is 0 Å². The number of hydrogen-bond donors (Lipinski definition) is 0. The fourth-order valence-electron chi connectivity index (χ4n) is 1.49. The predicted octanol–water partition coefficient (Wildman–Crippen LogP) is 2.37. The average Bonchev–Trinajstić information content (AvgIpc) is 1.94. The van der Waals surface area contributed by atoms with Gasteiger partial charge in [0.2, 0.25) is 0 Å². The number of hydrogen-bond acceptors (Lipinski definition) is 1. The molecule has 0 spiro atoms. The smallest absolute Gasteiger partial charge is 0.136 e. The lowest BCUT2D eigenvalue weighted by molar-refractivity contribution is -0.124. The van der Waals surface area contributed by atoms with Crippen LogP contribution in [0.4, 0.5) is 0 Å². The van der Waals surface area contributed by atoms with E-state index in [2.05, 4.69) is 0 Å². The van der Waals surface area contributed by atoms with E-state index in [0.29, 0.717) is 17.6 Å². The van der Waals surface area contributed by atoms with Crippen LogP contribution in [0.5, 0.6) is 0 Å². The molecule has 10 heavy (non-hydrogen) atoms.